The molecule has 208 valence electrons. The zero-order valence-corrected chi connectivity index (χ0v) is 23.6. The highest BCUT2D eigenvalue weighted by molar-refractivity contribution is 7.92. The molecule has 8 nitrogen and oxygen atoms in total. The van der Waals surface area contributed by atoms with Gasteiger partial charge in [0.25, 0.3) is 10.0 Å². The molecule has 0 saturated heterocycles. The Morgan fingerprint density at radius 3 is 2.08 bits per heavy atom. The molecule has 1 unspecified atom stereocenters. The van der Waals surface area contributed by atoms with Gasteiger partial charge in [-0.15, -0.1) is 0 Å². The first kappa shape index (κ1) is 28.5. The molecule has 0 radical (unpaired) electrons. The molecule has 0 aliphatic rings. The first-order chi connectivity index (χ1) is 19.2. The average molecular weight is 561 g/mol. The maximum Gasteiger partial charge on any atom is 0.264 e. The smallest absolute Gasteiger partial charge is 0.264 e. The average Bonchev–Trinajstić information content (AvgIpc) is 2.96. The number of carbonyl (C=O) groups is 1. The van der Waals surface area contributed by atoms with Crippen LogP contribution in [-0.2, 0) is 14.8 Å². The van der Waals surface area contributed by atoms with Gasteiger partial charge < -0.3 is 19.5 Å². The number of anilines is 1. The monoisotopic (exact) mass is 560 g/mol. The summed E-state index contributed by atoms with van der Waals surface area (Å²) in [4.78, 5) is 13.4. The molecule has 40 heavy (non-hydrogen) atoms. The van der Waals surface area contributed by atoms with Crippen molar-refractivity contribution < 1.29 is 27.4 Å². The lowest BCUT2D eigenvalue weighted by Crippen LogP contribution is -2.41. The molecule has 4 aromatic rings. The molecule has 4 rings (SSSR count). The van der Waals surface area contributed by atoms with E-state index in [9.17, 15) is 13.2 Å². The first-order valence-electron chi connectivity index (χ1n) is 12.6. The number of nitrogens with zero attached hydrogens (tertiary/aromatic N) is 1. The van der Waals surface area contributed by atoms with Crippen LogP contribution in [0.25, 0.3) is 0 Å². The molecule has 1 N–H and O–H groups in total. The van der Waals surface area contributed by atoms with Crippen LogP contribution in [0.5, 0.6) is 23.0 Å². The van der Waals surface area contributed by atoms with E-state index in [1.54, 1.807) is 75.7 Å². The Bertz CT molecular complexity index is 1540. The zero-order valence-electron chi connectivity index (χ0n) is 22.8. The second kappa shape index (κ2) is 12.6. The SMILES string of the molecule is COc1ccc(OC)c(C(C)NC(=O)CN(c2ccc(Oc3ccccc3)cc2)S(=O)(=O)c2ccc(C)cc2)c1. The predicted octanol–water partition coefficient (Wildman–Crippen LogP) is 5.88. The fraction of sp³-hybridized carbons (Fsp3) is 0.194. The van der Waals surface area contributed by atoms with Crippen molar-refractivity contribution in [2.45, 2.75) is 24.8 Å². The lowest BCUT2D eigenvalue weighted by molar-refractivity contribution is -0.120. The maximum atomic E-state index is 13.8. The fourth-order valence-corrected chi connectivity index (χ4v) is 5.55. The predicted molar refractivity (Wildman–Crippen MR) is 155 cm³/mol. The molecule has 4 aromatic carbocycles. The number of hydrogen-bond acceptors (Lipinski definition) is 6. The van der Waals surface area contributed by atoms with Gasteiger partial charge in [-0.25, -0.2) is 8.42 Å². The highest BCUT2D eigenvalue weighted by Crippen LogP contribution is 2.30. The molecular formula is C31H32N2O6S. The van der Waals surface area contributed by atoms with Gasteiger partial charge in [-0.2, -0.15) is 0 Å². The molecule has 1 amide bonds. The van der Waals surface area contributed by atoms with E-state index in [0.29, 0.717) is 34.2 Å². The van der Waals surface area contributed by atoms with Crippen molar-refractivity contribution in [3.63, 3.8) is 0 Å². The van der Waals surface area contributed by atoms with Crippen LogP contribution in [-0.4, -0.2) is 35.1 Å². The van der Waals surface area contributed by atoms with Crippen LogP contribution in [0.15, 0.2) is 102 Å². The van der Waals surface area contributed by atoms with E-state index >= 15 is 0 Å². The Labute approximate surface area is 235 Å². The van der Waals surface area contributed by atoms with Crippen molar-refractivity contribution in [2.24, 2.45) is 0 Å². The largest absolute Gasteiger partial charge is 0.497 e. The summed E-state index contributed by atoms with van der Waals surface area (Å²) in [5.74, 6) is 1.88. The summed E-state index contributed by atoms with van der Waals surface area (Å²) in [6.07, 6.45) is 0. The van der Waals surface area contributed by atoms with Crippen molar-refractivity contribution in [1.29, 1.82) is 0 Å². The number of ether oxygens (including phenoxy) is 3. The summed E-state index contributed by atoms with van der Waals surface area (Å²) in [5.41, 5.74) is 1.94. The summed E-state index contributed by atoms with van der Waals surface area (Å²) in [5, 5.41) is 2.89. The van der Waals surface area contributed by atoms with Gasteiger partial charge in [0.15, 0.2) is 0 Å². The maximum absolute atomic E-state index is 13.8. The van der Waals surface area contributed by atoms with Crippen molar-refractivity contribution >= 4 is 21.6 Å². The summed E-state index contributed by atoms with van der Waals surface area (Å²) in [6.45, 7) is 3.23. The molecular weight excluding hydrogens is 528 g/mol. The van der Waals surface area contributed by atoms with E-state index in [2.05, 4.69) is 5.32 Å². The van der Waals surface area contributed by atoms with Gasteiger partial charge in [0.1, 0.15) is 29.5 Å². The number of sulfonamides is 1. The third kappa shape index (κ3) is 6.73. The summed E-state index contributed by atoms with van der Waals surface area (Å²) in [6, 6.07) is 27.1. The lowest BCUT2D eigenvalue weighted by Gasteiger charge is -2.26. The summed E-state index contributed by atoms with van der Waals surface area (Å²) >= 11 is 0. The topological polar surface area (TPSA) is 94.2 Å². The highest BCUT2D eigenvalue weighted by atomic mass is 32.2. The van der Waals surface area contributed by atoms with Crippen LogP contribution < -0.4 is 23.8 Å². The second-order valence-corrected chi connectivity index (χ2v) is 11.0. The highest BCUT2D eigenvalue weighted by Gasteiger charge is 2.28. The van der Waals surface area contributed by atoms with Gasteiger partial charge in [0.05, 0.1) is 30.8 Å². The Hall–Kier alpha value is -4.50. The van der Waals surface area contributed by atoms with Crippen LogP contribution in [0.4, 0.5) is 5.69 Å². The molecule has 1 atom stereocenters. The lowest BCUT2D eigenvalue weighted by atomic mass is 10.1. The third-order valence-electron chi connectivity index (χ3n) is 6.28. The molecule has 0 fully saturated rings. The van der Waals surface area contributed by atoms with Crippen LogP contribution in [0.2, 0.25) is 0 Å². The fourth-order valence-electron chi connectivity index (χ4n) is 4.13. The molecule has 0 aliphatic heterocycles. The number of methoxy groups -OCH3 is 2. The molecule has 0 spiro atoms. The van der Waals surface area contributed by atoms with Crippen molar-refractivity contribution in [3.8, 4) is 23.0 Å². The van der Waals surface area contributed by atoms with E-state index in [0.717, 1.165) is 9.87 Å². The van der Waals surface area contributed by atoms with E-state index in [-0.39, 0.29) is 4.90 Å². The summed E-state index contributed by atoms with van der Waals surface area (Å²) < 4.78 is 45.3. The van der Waals surface area contributed by atoms with Gasteiger partial charge in [0, 0.05) is 5.56 Å². The van der Waals surface area contributed by atoms with E-state index in [4.69, 9.17) is 14.2 Å². The number of nitrogens with one attached hydrogen (secondary N) is 1. The Morgan fingerprint density at radius 2 is 1.45 bits per heavy atom. The standard InChI is InChI=1S/C31H32N2O6S/c1-22-10-17-28(18-11-22)40(35,36)33(24-12-14-26(15-13-24)39-25-8-6-5-7-9-25)21-31(34)32-23(2)29-20-27(37-3)16-19-30(29)38-4/h5-20,23H,21H2,1-4H3,(H,32,34). The first-order valence-corrected chi connectivity index (χ1v) is 14.1. The number of hydrogen-bond donors (Lipinski definition) is 1. The van der Waals surface area contributed by atoms with Gasteiger partial charge in [0.2, 0.25) is 5.91 Å². The van der Waals surface area contributed by atoms with Crippen LogP contribution in [0, 0.1) is 6.92 Å². The van der Waals surface area contributed by atoms with Gasteiger partial charge in [-0.05, 0) is 80.6 Å². The number of amides is 1. The zero-order chi connectivity index (χ0) is 28.7. The van der Waals surface area contributed by atoms with Crippen molar-refractivity contribution in [3.05, 3.63) is 108 Å². The molecule has 9 heteroatoms. The van der Waals surface area contributed by atoms with E-state index in [1.807, 2.05) is 37.3 Å². The molecule has 0 saturated carbocycles. The third-order valence-corrected chi connectivity index (χ3v) is 8.07. The number of rotatable bonds is 11. The van der Waals surface area contributed by atoms with Crippen molar-refractivity contribution in [1.82, 2.24) is 5.32 Å². The van der Waals surface area contributed by atoms with Crippen molar-refractivity contribution in [2.75, 3.05) is 25.1 Å². The molecule has 0 bridgehead atoms. The normalized spacial score (nSPS) is 11.8. The molecule has 0 aliphatic carbocycles. The van der Waals surface area contributed by atoms with E-state index in [1.165, 1.54) is 12.1 Å². The number of carbonyl (C=O) groups excluding carboxylic acids is 1. The number of para-hydroxylation sites is 1. The van der Waals surface area contributed by atoms with E-state index < -0.39 is 28.5 Å². The number of aryl methyl sites for hydroxylation is 1. The van der Waals surface area contributed by atoms with Gasteiger partial charge >= 0.3 is 0 Å². The van der Waals surface area contributed by atoms with Gasteiger partial charge in [-0.1, -0.05) is 35.9 Å². The van der Waals surface area contributed by atoms with Gasteiger partial charge in [-0.3, -0.25) is 9.10 Å². The number of benzene rings is 4. The minimum atomic E-state index is -4.07. The minimum absolute atomic E-state index is 0.0815. The molecule has 0 heterocycles. The Morgan fingerprint density at radius 1 is 0.825 bits per heavy atom. The molecule has 0 aromatic heterocycles. The second-order valence-electron chi connectivity index (χ2n) is 9.13. The Balaban J connectivity index is 1.61. The van der Waals surface area contributed by atoms with Crippen LogP contribution in [0.1, 0.15) is 24.1 Å². The summed E-state index contributed by atoms with van der Waals surface area (Å²) in [7, 11) is -0.978. The Kier molecular flexibility index (Phi) is 8.96. The quantitative estimate of drug-likeness (QED) is 0.246. The minimum Gasteiger partial charge on any atom is -0.497 e. The van der Waals surface area contributed by atoms with Crippen LogP contribution in [0.3, 0.4) is 0 Å². The van der Waals surface area contributed by atoms with Crippen LogP contribution >= 0.6 is 0 Å².